The minimum absolute atomic E-state index is 0.0396. The first kappa shape index (κ1) is 22.7. The number of allylic oxidation sites excluding steroid dienone is 2. The third-order valence-electron chi connectivity index (χ3n) is 5.67. The molecule has 0 atom stereocenters. The van der Waals surface area contributed by atoms with E-state index in [2.05, 4.69) is 4.99 Å². The molecule has 0 radical (unpaired) electrons. The van der Waals surface area contributed by atoms with Crippen molar-refractivity contribution in [2.75, 3.05) is 13.7 Å². The van der Waals surface area contributed by atoms with E-state index in [9.17, 15) is 8.42 Å². The number of benzene rings is 3. The number of aliphatic imine (C=N–C) groups is 1. The van der Waals surface area contributed by atoms with Crippen molar-refractivity contribution >= 4 is 21.6 Å². The van der Waals surface area contributed by atoms with E-state index >= 15 is 0 Å². The molecule has 0 amide bonds. The van der Waals surface area contributed by atoms with Crippen molar-refractivity contribution in [1.82, 2.24) is 4.90 Å². The summed E-state index contributed by atoms with van der Waals surface area (Å²) < 4.78 is 42.6. The fourth-order valence-corrected chi connectivity index (χ4v) is 4.99. The van der Waals surface area contributed by atoms with Gasteiger partial charge < -0.3 is 18.6 Å². The van der Waals surface area contributed by atoms with Crippen LogP contribution in [0.5, 0.6) is 17.2 Å². The third kappa shape index (κ3) is 4.93. The van der Waals surface area contributed by atoms with Gasteiger partial charge in [0.1, 0.15) is 17.2 Å². The molecule has 0 unspecified atom stereocenters. The number of hydrogen-bond acceptors (Lipinski definition) is 7. The summed E-state index contributed by atoms with van der Waals surface area (Å²) in [7, 11) is -2.39. The maximum Gasteiger partial charge on any atom is 0.343 e. The first-order valence-corrected chi connectivity index (χ1v) is 12.6. The van der Waals surface area contributed by atoms with Crippen LogP contribution < -0.4 is 13.7 Å². The molecule has 0 aliphatic carbocycles. The highest BCUT2D eigenvalue weighted by molar-refractivity contribution is 7.92. The van der Waals surface area contributed by atoms with Crippen LogP contribution in [-0.2, 0) is 23.1 Å². The monoisotopic (exact) mass is 488 g/mol. The lowest BCUT2D eigenvalue weighted by Crippen LogP contribution is -2.34. The number of para-hydroxylation sites is 2. The van der Waals surface area contributed by atoms with Gasteiger partial charge in [0, 0.05) is 12.7 Å². The highest BCUT2D eigenvalue weighted by atomic mass is 32.2. The van der Waals surface area contributed by atoms with Gasteiger partial charge in [0.25, 0.3) is 0 Å². The third-order valence-corrected chi connectivity index (χ3v) is 6.93. The Morgan fingerprint density at radius 3 is 2.57 bits per heavy atom. The number of ether oxygens (including phenoxy) is 2. The van der Waals surface area contributed by atoms with Crippen LogP contribution in [0, 0.1) is 0 Å². The SMILES string of the molecule is COc1ccc(CCN2C=CC=C3C2=Nc2ccccc2OS3(=O)=O)cc1OCc1ccccc1. The Hall–Kier alpha value is -4.04. The normalized spacial score (nSPS) is 15.6. The molecule has 5 rings (SSSR count). The molecular formula is C27H24N2O5S. The maximum absolute atomic E-state index is 12.9. The second kappa shape index (κ2) is 9.68. The molecule has 0 saturated carbocycles. The van der Waals surface area contributed by atoms with Gasteiger partial charge in [-0.2, -0.15) is 8.42 Å². The summed E-state index contributed by atoms with van der Waals surface area (Å²) in [4.78, 5) is 6.50. The number of fused-ring (bicyclic) bond motifs is 2. The lowest BCUT2D eigenvalue weighted by Gasteiger charge is -2.25. The van der Waals surface area contributed by atoms with Crippen LogP contribution in [0.25, 0.3) is 0 Å². The zero-order chi connectivity index (χ0) is 24.3. The van der Waals surface area contributed by atoms with E-state index in [1.165, 1.54) is 6.08 Å². The minimum atomic E-state index is -4.00. The number of rotatable bonds is 7. The molecular weight excluding hydrogens is 464 g/mol. The van der Waals surface area contributed by atoms with E-state index < -0.39 is 10.1 Å². The summed E-state index contributed by atoms with van der Waals surface area (Å²) in [6.45, 7) is 0.937. The standard InChI is InChI=1S/C27H24N2O5S/c1-32-24-14-13-20(18-25(24)33-19-21-8-3-2-4-9-21)15-17-29-16-7-12-26-27(29)28-22-10-5-6-11-23(22)34-35(26,30)31/h2-14,16,18H,15,17,19H2,1H3. The summed E-state index contributed by atoms with van der Waals surface area (Å²) in [6.07, 6.45) is 5.65. The number of amidine groups is 1. The second-order valence-corrected chi connectivity index (χ2v) is 9.53. The van der Waals surface area contributed by atoms with E-state index in [-0.39, 0.29) is 10.7 Å². The lowest BCUT2D eigenvalue weighted by atomic mass is 10.1. The summed E-state index contributed by atoms with van der Waals surface area (Å²) in [5.41, 5.74) is 2.55. The Balaban J connectivity index is 1.36. The Bertz CT molecular complexity index is 1430. The first-order chi connectivity index (χ1) is 17.0. The lowest BCUT2D eigenvalue weighted by molar-refractivity contribution is 0.284. The van der Waals surface area contributed by atoms with Crippen molar-refractivity contribution in [3.63, 3.8) is 0 Å². The van der Waals surface area contributed by atoms with Crippen LogP contribution >= 0.6 is 0 Å². The number of nitrogens with zero attached hydrogens (tertiary/aromatic N) is 2. The zero-order valence-electron chi connectivity index (χ0n) is 19.1. The largest absolute Gasteiger partial charge is 0.493 e. The van der Waals surface area contributed by atoms with Crippen LogP contribution in [0.4, 0.5) is 5.69 Å². The first-order valence-electron chi connectivity index (χ1n) is 11.1. The highest BCUT2D eigenvalue weighted by Crippen LogP contribution is 2.35. The number of hydrogen-bond donors (Lipinski definition) is 0. The molecule has 0 bridgehead atoms. The molecule has 35 heavy (non-hydrogen) atoms. The van der Waals surface area contributed by atoms with Gasteiger partial charge in [-0.1, -0.05) is 48.5 Å². The van der Waals surface area contributed by atoms with Crippen molar-refractivity contribution in [2.45, 2.75) is 13.0 Å². The van der Waals surface area contributed by atoms with Gasteiger partial charge >= 0.3 is 10.1 Å². The predicted molar refractivity (Wildman–Crippen MR) is 134 cm³/mol. The van der Waals surface area contributed by atoms with Gasteiger partial charge in [0.2, 0.25) is 0 Å². The Morgan fingerprint density at radius 1 is 0.943 bits per heavy atom. The smallest absolute Gasteiger partial charge is 0.343 e. The van der Waals surface area contributed by atoms with Crippen LogP contribution in [0.15, 0.2) is 101 Å². The van der Waals surface area contributed by atoms with E-state index in [1.807, 2.05) is 59.6 Å². The molecule has 3 aromatic carbocycles. The van der Waals surface area contributed by atoms with Crippen LogP contribution in [0.2, 0.25) is 0 Å². The van der Waals surface area contributed by atoms with Crippen molar-refractivity contribution in [1.29, 1.82) is 0 Å². The van der Waals surface area contributed by atoms with Crippen LogP contribution in [0.3, 0.4) is 0 Å². The van der Waals surface area contributed by atoms with Gasteiger partial charge in [-0.15, -0.1) is 0 Å². The summed E-state index contributed by atoms with van der Waals surface area (Å²) >= 11 is 0. The molecule has 0 spiro atoms. The van der Waals surface area contributed by atoms with Gasteiger partial charge in [-0.25, -0.2) is 4.99 Å². The summed E-state index contributed by atoms with van der Waals surface area (Å²) in [5.74, 6) is 1.86. The van der Waals surface area contributed by atoms with E-state index in [1.54, 1.807) is 37.5 Å². The molecule has 0 saturated heterocycles. The minimum Gasteiger partial charge on any atom is -0.493 e. The molecule has 0 aromatic heterocycles. The Labute approximate surface area is 204 Å². The van der Waals surface area contributed by atoms with Gasteiger partial charge in [-0.3, -0.25) is 0 Å². The van der Waals surface area contributed by atoms with Crippen molar-refractivity contribution in [2.24, 2.45) is 4.99 Å². The van der Waals surface area contributed by atoms with E-state index in [0.29, 0.717) is 42.6 Å². The second-order valence-electron chi connectivity index (χ2n) is 8.02. The molecule has 2 aliphatic heterocycles. The van der Waals surface area contributed by atoms with Crippen LogP contribution in [0.1, 0.15) is 11.1 Å². The molecule has 7 nitrogen and oxygen atoms in total. The average Bonchev–Trinajstić information content (AvgIpc) is 3.00. The van der Waals surface area contributed by atoms with E-state index in [0.717, 1.165) is 11.1 Å². The van der Waals surface area contributed by atoms with Crippen molar-refractivity contribution in [3.8, 4) is 17.2 Å². The van der Waals surface area contributed by atoms with Crippen LogP contribution in [-0.4, -0.2) is 32.8 Å². The topological polar surface area (TPSA) is 77.4 Å². The zero-order valence-corrected chi connectivity index (χ0v) is 19.9. The molecule has 0 N–H and O–H groups in total. The fourth-order valence-electron chi connectivity index (χ4n) is 3.89. The molecule has 2 heterocycles. The Morgan fingerprint density at radius 2 is 1.74 bits per heavy atom. The predicted octanol–water partition coefficient (Wildman–Crippen LogP) is 4.98. The molecule has 2 aliphatic rings. The van der Waals surface area contributed by atoms with Gasteiger partial charge in [-0.05, 0) is 54.0 Å². The van der Waals surface area contributed by atoms with E-state index in [4.69, 9.17) is 13.7 Å². The molecule has 178 valence electrons. The molecule has 8 heteroatoms. The maximum atomic E-state index is 12.9. The van der Waals surface area contributed by atoms with Crippen molar-refractivity contribution < 1.29 is 22.1 Å². The highest BCUT2D eigenvalue weighted by Gasteiger charge is 2.33. The van der Waals surface area contributed by atoms with Gasteiger partial charge in [0.05, 0.1) is 7.11 Å². The Kier molecular flexibility index (Phi) is 6.29. The summed E-state index contributed by atoms with van der Waals surface area (Å²) in [5, 5.41) is 0. The van der Waals surface area contributed by atoms with Crippen molar-refractivity contribution in [3.05, 3.63) is 107 Å². The molecule has 3 aromatic rings. The average molecular weight is 489 g/mol. The number of methoxy groups -OCH3 is 1. The van der Waals surface area contributed by atoms with Gasteiger partial charge in [0.15, 0.2) is 23.1 Å². The quantitative estimate of drug-likeness (QED) is 0.437. The fraction of sp³-hybridized carbons (Fsp3) is 0.148. The summed E-state index contributed by atoms with van der Waals surface area (Å²) in [6, 6.07) is 22.6. The molecule has 0 fully saturated rings.